The minimum atomic E-state index is 0.749. The quantitative estimate of drug-likeness (QED) is 0.525. The highest BCUT2D eigenvalue weighted by Crippen LogP contribution is 2.25. The molecule has 3 aromatic rings. The van der Waals surface area contributed by atoms with Gasteiger partial charge in [0.25, 0.3) is 0 Å². The lowest BCUT2D eigenvalue weighted by Crippen LogP contribution is -2.29. The van der Waals surface area contributed by atoms with Crippen molar-refractivity contribution in [3.8, 4) is 0 Å². The van der Waals surface area contributed by atoms with E-state index in [4.69, 9.17) is 16.6 Å². The highest BCUT2D eigenvalue weighted by Gasteiger charge is 2.13. The number of aromatic nitrogens is 2. The van der Waals surface area contributed by atoms with Gasteiger partial charge in [-0.1, -0.05) is 42.3 Å². The Morgan fingerprint density at radius 1 is 0.867 bits per heavy atom. The molecule has 1 aromatic heterocycles. The minimum Gasteiger partial charge on any atom is -0.340 e. The summed E-state index contributed by atoms with van der Waals surface area (Å²) in [6, 6.07) is 16.7. The molecule has 5 heteroatoms. The summed E-state index contributed by atoms with van der Waals surface area (Å²) in [5.41, 5.74) is 5.71. The first-order valence-electron chi connectivity index (χ1n) is 10.7. The normalized spacial score (nSPS) is 14.6. The summed E-state index contributed by atoms with van der Waals surface area (Å²) in [6.07, 6.45) is 4.78. The van der Waals surface area contributed by atoms with E-state index in [1.54, 1.807) is 0 Å². The molecule has 0 radical (unpaired) electrons. The van der Waals surface area contributed by atoms with Crippen LogP contribution in [0.15, 0.2) is 48.5 Å². The van der Waals surface area contributed by atoms with Gasteiger partial charge in [-0.2, -0.15) is 0 Å². The van der Waals surface area contributed by atoms with Crippen molar-refractivity contribution in [1.82, 2.24) is 14.9 Å². The van der Waals surface area contributed by atoms with Crippen LogP contribution < -0.4 is 5.32 Å². The van der Waals surface area contributed by atoms with Gasteiger partial charge in [-0.15, -0.1) is 0 Å². The summed E-state index contributed by atoms with van der Waals surface area (Å²) in [4.78, 5) is 11.8. The van der Waals surface area contributed by atoms with Crippen molar-refractivity contribution >= 4 is 23.1 Å². The zero-order valence-electron chi connectivity index (χ0n) is 17.8. The molecule has 2 aromatic carbocycles. The van der Waals surface area contributed by atoms with E-state index in [1.165, 1.54) is 43.5 Å². The Morgan fingerprint density at radius 3 is 2.23 bits per heavy atom. The van der Waals surface area contributed by atoms with Crippen LogP contribution in [0.25, 0.3) is 0 Å². The Kier molecular flexibility index (Phi) is 6.66. The number of likely N-dealkylation sites (tertiary alicyclic amines) is 1. The summed E-state index contributed by atoms with van der Waals surface area (Å²) < 4.78 is 0. The molecule has 0 bridgehead atoms. The Labute approximate surface area is 184 Å². The highest BCUT2D eigenvalue weighted by atomic mass is 35.5. The standard InChI is InChI=1S/C25H29ClN4/c1-18-24(16-20-6-10-22(26)11-7-20)25(28-19(2)27-18)29-23-12-8-21(9-13-23)17-30-14-4-3-5-15-30/h6-13H,3-5,14-17H2,1-2H3,(H,27,28,29). The van der Waals surface area contributed by atoms with Crippen molar-refractivity contribution in [2.24, 2.45) is 0 Å². The second kappa shape index (κ2) is 9.59. The van der Waals surface area contributed by atoms with Crippen LogP contribution in [0, 0.1) is 13.8 Å². The molecule has 1 N–H and O–H groups in total. The molecule has 0 spiro atoms. The van der Waals surface area contributed by atoms with Crippen LogP contribution in [0.5, 0.6) is 0 Å². The number of anilines is 2. The molecule has 2 heterocycles. The van der Waals surface area contributed by atoms with Crippen molar-refractivity contribution in [2.45, 2.75) is 46.1 Å². The van der Waals surface area contributed by atoms with Gasteiger partial charge in [0, 0.05) is 34.9 Å². The lowest BCUT2D eigenvalue weighted by atomic mass is 10.0. The molecule has 0 saturated carbocycles. The van der Waals surface area contributed by atoms with Crippen molar-refractivity contribution in [2.75, 3.05) is 18.4 Å². The zero-order valence-corrected chi connectivity index (χ0v) is 18.5. The van der Waals surface area contributed by atoms with Gasteiger partial charge in [-0.3, -0.25) is 4.90 Å². The monoisotopic (exact) mass is 420 g/mol. The van der Waals surface area contributed by atoms with Crippen LogP contribution in [-0.4, -0.2) is 28.0 Å². The van der Waals surface area contributed by atoms with E-state index in [-0.39, 0.29) is 0 Å². The number of hydrogen-bond donors (Lipinski definition) is 1. The molecule has 0 atom stereocenters. The van der Waals surface area contributed by atoms with Crippen molar-refractivity contribution in [1.29, 1.82) is 0 Å². The average molecular weight is 421 g/mol. The summed E-state index contributed by atoms with van der Waals surface area (Å²) in [6.45, 7) is 7.45. The maximum absolute atomic E-state index is 6.04. The number of nitrogens with zero attached hydrogens (tertiary/aromatic N) is 3. The van der Waals surface area contributed by atoms with E-state index < -0.39 is 0 Å². The van der Waals surface area contributed by atoms with Crippen LogP contribution in [0.4, 0.5) is 11.5 Å². The highest BCUT2D eigenvalue weighted by molar-refractivity contribution is 6.30. The van der Waals surface area contributed by atoms with Gasteiger partial charge in [0.15, 0.2) is 0 Å². The molecule has 0 amide bonds. The maximum Gasteiger partial charge on any atom is 0.137 e. The molecule has 1 saturated heterocycles. The van der Waals surface area contributed by atoms with Crippen LogP contribution in [0.1, 0.15) is 47.5 Å². The molecular formula is C25H29ClN4. The number of aryl methyl sites for hydroxylation is 2. The smallest absolute Gasteiger partial charge is 0.137 e. The van der Waals surface area contributed by atoms with Crippen LogP contribution in [0.3, 0.4) is 0 Å². The largest absolute Gasteiger partial charge is 0.340 e. The topological polar surface area (TPSA) is 41.1 Å². The van der Waals surface area contributed by atoms with Gasteiger partial charge in [0.2, 0.25) is 0 Å². The van der Waals surface area contributed by atoms with Crippen LogP contribution >= 0.6 is 11.6 Å². The van der Waals surface area contributed by atoms with E-state index in [9.17, 15) is 0 Å². The van der Waals surface area contributed by atoms with E-state index >= 15 is 0 Å². The first kappa shape index (κ1) is 20.8. The minimum absolute atomic E-state index is 0.749. The Hall–Kier alpha value is -2.43. The van der Waals surface area contributed by atoms with E-state index in [0.29, 0.717) is 0 Å². The number of halogens is 1. The van der Waals surface area contributed by atoms with Gasteiger partial charge in [0.1, 0.15) is 11.6 Å². The molecule has 0 aliphatic carbocycles. The fourth-order valence-corrected chi connectivity index (χ4v) is 4.19. The van der Waals surface area contributed by atoms with Gasteiger partial charge in [-0.05, 0) is 75.2 Å². The molecule has 1 fully saturated rings. The van der Waals surface area contributed by atoms with Crippen LogP contribution in [-0.2, 0) is 13.0 Å². The summed E-state index contributed by atoms with van der Waals surface area (Å²) in [5, 5.41) is 4.27. The molecule has 1 aliphatic heterocycles. The van der Waals surface area contributed by atoms with E-state index in [2.05, 4.69) is 51.6 Å². The first-order valence-corrected chi connectivity index (χ1v) is 11.1. The summed E-state index contributed by atoms with van der Waals surface area (Å²) in [5.74, 6) is 1.65. The molecule has 156 valence electrons. The molecule has 1 aliphatic rings. The molecule has 0 unspecified atom stereocenters. The van der Waals surface area contributed by atoms with Gasteiger partial charge < -0.3 is 5.32 Å². The molecule has 4 nitrogen and oxygen atoms in total. The fourth-order valence-electron chi connectivity index (χ4n) is 4.06. The second-order valence-corrected chi connectivity index (χ2v) is 8.58. The SMILES string of the molecule is Cc1nc(C)c(Cc2ccc(Cl)cc2)c(Nc2ccc(CN3CCCCC3)cc2)n1. The maximum atomic E-state index is 6.04. The first-order chi connectivity index (χ1) is 14.6. The van der Waals surface area contributed by atoms with Crippen molar-refractivity contribution in [3.63, 3.8) is 0 Å². The number of hydrogen-bond acceptors (Lipinski definition) is 4. The number of rotatable bonds is 6. The third kappa shape index (κ3) is 5.38. The zero-order chi connectivity index (χ0) is 20.9. The molecule has 4 rings (SSSR count). The van der Waals surface area contributed by atoms with E-state index in [0.717, 1.165) is 46.6 Å². The fraction of sp³-hybridized carbons (Fsp3) is 0.360. The Morgan fingerprint density at radius 2 is 1.53 bits per heavy atom. The van der Waals surface area contributed by atoms with E-state index in [1.807, 2.05) is 26.0 Å². The van der Waals surface area contributed by atoms with Crippen molar-refractivity contribution < 1.29 is 0 Å². The van der Waals surface area contributed by atoms with Gasteiger partial charge in [-0.25, -0.2) is 9.97 Å². The lowest BCUT2D eigenvalue weighted by molar-refractivity contribution is 0.221. The predicted octanol–water partition coefficient (Wildman–Crippen LogP) is 6.07. The third-order valence-corrected chi connectivity index (χ3v) is 5.94. The second-order valence-electron chi connectivity index (χ2n) is 8.15. The number of nitrogens with one attached hydrogen (secondary N) is 1. The average Bonchev–Trinajstić information content (AvgIpc) is 2.74. The predicted molar refractivity (Wildman–Crippen MR) is 125 cm³/mol. The number of piperidine rings is 1. The summed E-state index contributed by atoms with van der Waals surface area (Å²) in [7, 11) is 0. The van der Waals surface area contributed by atoms with Gasteiger partial charge >= 0.3 is 0 Å². The Balaban J connectivity index is 1.51. The van der Waals surface area contributed by atoms with Crippen molar-refractivity contribution in [3.05, 3.63) is 81.8 Å². The Bertz CT molecular complexity index is 977. The lowest BCUT2D eigenvalue weighted by Gasteiger charge is -2.26. The molecular weight excluding hydrogens is 392 g/mol. The number of benzene rings is 2. The third-order valence-electron chi connectivity index (χ3n) is 5.69. The van der Waals surface area contributed by atoms with Gasteiger partial charge in [0.05, 0.1) is 0 Å². The summed E-state index contributed by atoms with van der Waals surface area (Å²) >= 11 is 6.04. The molecule has 30 heavy (non-hydrogen) atoms. The van der Waals surface area contributed by atoms with Crippen LogP contribution in [0.2, 0.25) is 5.02 Å².